The Kier molecular flexibility index (Phi) is 5.91. The topological polar surface area (TPSA) is 81.1 Å². The molecule has 0 saturated carbocycles. The van der Waals surface area contributed by atoms with Gasteiger partial charge in [0, 0.05) is 26.2 Å². The van der Waals surface area contributed by atoms with Crippen molar-refractivity contribution >= 4 is 12.0 Å². The van der Waals surface area contributed by atoms with Crippen LogP contribution in [0.25, 0.3) is 0 Å². The number of carbonyl (C=O) groups is 2. The second-order valence-electron chi connectivity index (χ2n) is 4.62. The molecule has 0 bridgehead atoms. The lowest BCUT2D eigenvalue weighted by molar-refractivity contribution is -0.143. The zero-order valence-electron chi connectivity index (χ0n) is 10.8. The summed E-state index contributed by atoms with van der Waals surface area (Å²) in [5.41, 5.74) is 0. The van der Waals surface area contributed by atoms with Crippen molar-refractivity contribution in [2.45, 2.75) is 26.2 Å². The first-order valence-electron chi connectivity index (χ1n) is 6.47. The van der Waals surface area contributed by atoms with Gasteiger partial charge in [0.15, 0.2) is 0 Å². The second kappa shape index (κ2) is 7.20. The third kappa shape index (κ3) is 3.87. The van der Waals surface area contributed by atoms with Crippen LogP contribution in [0.3, 0.4) is 0 Å². The second-order valence-corrected chi connectivity index (χ2v) is 4.62. The molecule has 0 radical (unpaired) electrons. The summed E-state index contributed by atoms with van der Waals surface area (Å²) in [5, 5.41) is 17.9. The lowest BCUT2D eigenvalue weighted by Gasteiger charge is -2.35. The van der Waals surface area contributed by atoms with Crippen molar-refractivity contribution in [3.05, 3.63) is 0 Å². The van der Waals surface area contributed by atoms with Gasteiger partial charge < -0.3 is 20.0 Å². The normalized spacial score (nSPS) is 19.7. The maximum absolute atomic E-state index is 12.2. The van der Waals surface area contributed by atoms with Crippen LogP contribution in [0.4, 0.5) is 4.79 Å². The molecule has 0 aromatic heterocycles. The van der Waals surface area contributed by atoms with Crippen LogP contribution >= 0.6 is 0 Å². The number of carbonyl (C=O) groups excluding carboxylic acids is 1. The van der Waals surface area contributed by atoms with Crippen LogP contribution in [0.5, 0.6) is 0 Å². The van der Waals surface area contributed by atoms with E-state index in [1.165, 1.54) is 0 Å². The molecule has 104 valence electrons. The third-order valence-electron chi connectivity index (χ3n) is 3.18. The van der Waals surface area contributed by atoms with Gasteiger partial charge in [-0.25, -0.2) is 4.79 Å². The van der Waals surface area contributed by atoms with Crippen molar-refractivity contribution < 1.29 is 19.8 Å². The van der Waals surface area contributed by atoms with E-state index in [2.05, 4.69) is 0 Å². The smallest absolute Gasteiger partial charge is 0.320 e. The van der Waals surface area contributed by atoms with Gasteiger partial charge in [0.1, 0.15) is 0 Å². The molecule has 18 heavy (non-hydrogen) atoms. The number of likely N-dealkylation sites (tertiary alicyclic amines) is 1. The van der Waals surface area contributed by atoms with Crippen LogP contribution in [0.2, 0.25) is 0 Å². The molecule has 1 rings (SSSR count). The highest BCUT2D eigenvalue weighted by atomic mass is 16.4. The summed E-state index contributed by atoms with van der Waals surface area (Å²) in [4.78, 5) is 26.3. The van der Waals surface area contributed by atoms with Crippen molar-refractivity contribution in [3.63, 3.8) is 0 Å². The molecule has 1 aliphatic heterocycles. The molecule has 1 heterocycles. The molecule has 0 spiro atoms. The van der Waals surface area contributed by atoms with Crippen molar-refractivity contribution in [2.24, 2.45) is 5.92 Å². The number of rotatable bonds is 5. The zero-order valence-corrected chi connectivity index (χ0v) is 10.8. The van der Waals surface area contributed by atoms with Crippen molar-refractivity contribution in [1.82, 2.24) is 9.80 Å². The van der Waals surface area contributed by atoms with E-state index in [0.717, 1.165) is 12.8 Å². The molecule has 2 amide bonds. The molecule has 0 aromatic carbocycles. The predicted molar refractivity (Wildman–Crippen MR) is 66.3 cm³/mol. The summed E-state index contributed by atoms with van der Waals surface area (Å²) in [6.07, 6.45) is 2.18. The minimum Gasteiger partial charge on any atom is -0.481 e. The maximum atomic E-state index is 12.2. The van der Waals surface area contributed by atoms with Crippen LogP contribution in [0, 0.1) is 5.92 Å². The molecule has 0 aliphatic carbocycles. The number of aliphatic carboxylic acids is 1. The van der Waals surface area contributed by atoms with Gasteiger partial charge in [-0.3, -0.25) is 4.79 Å². The fourth-order valence-corrected chi connectivity index (χ4v) is 2.25. The van der Waals surface area contributed by atoms with E-state index in [1.54, 1.807) is 9.80 Å². The predicted octanol–water partition coefficient (Wildman–Crippen LogP) is 0.607. The summed E-state index contributed by atoms with van der Waals surface area (Å²) in [6, 6.07) is -0.156. The Bertz CT molecular complexity index is 290. The third-order valence-corrected chi connectivity index (χ3v) is 3.18. The molecular formula is C12H22N2O4. The Morgan fingerprint density at radius 1 is 1.39 bits per heavy atom. The van der Waals surface area contributed by atoms with E-state index in [9.17, 15) is 9.59 Å². The number of hydrogen-bond acceptors (Lipinski definition) is 3. The lowest BCUT2D eigenvalue weighted by atomic mass is 9.98. The Morgan fingerprint density at radius 2 is 2.11 bits per heavy atom. The summed E-state index contributed by atoms with van der Waals surface area (Å²) >= 11 is 0. The fourth-order valence-electron chi connectivity index (χ4n) is 2.25. The standard InChI is InChI=1S/C12H22N2O4/c1-2-5-13(7-8-15)12(18)14-6-3-4-10(9-14)11(16)17/h10,15H,2-9H2,1H3,(H,16,17)/t10-/m1/s1. The number of aliphatic hydroxyl groups excluding tert-OH is 1. The summed E-state index contributed by atoms with van der Waals surface area (Å²) in [6.45, 7) is 3.68. The molecule has 6 heteroatoms. The van der Waals surface area contributed by atoms with Crippen LogP contribution in [-0.2, 0) is 4.79 Å². The first-order chi connectivity index (χ1) is 8.60. The molecule has 1 atom stereocenters. The van der Waals surface area contributed by atoms with E-state index in [0.29, 0.717) is 26.1 Å². The van der Waals surface area contributed by atoms with Gasteiger partial charge in [-0.15, -0.1) is 0 Å². The highest BCUT2D eigenvalue weighted by Crippen LogP contribution is 2.18. The molecular weight excluding hydrogens is 236 g/mol. The average Bonchev–Trinajstić information content (AvgIpc) is 2.38. The molecule has 0 aromatic rings. The molecule has 1 saturated heterocycles. The Balaban J connectivity index is 2.60. The van der Waals surface area contributed by atoms with Gasteiger partial charge in [-0.05, 0) is 19.3 Å². The van der Waals surface area contributed by atoms with E-state index >= 15 is 0 Å². The van der Waals surface area contributed by atoms with Crippen LogP contribution in [-0.4, -0.2) is 64.8 Å². The first-order valence-corrected chi connectivity index (χ1v) is 6.47. The van der Waals surface area contributed by atoms with Crippen LogP contribution < -0.4 is 0 Å². The van der Waals surface area contributed by atoms with Crippen molar-refractivity contribution in [2.75, 3.05) is 32.8 Å². The van der Waals surface area contributed by atoms with Gasteiger partial charge in [0.25, 0.3) is 0 Å². The minimum atomic E-state index is -0.836. The van der Waals surface area contributed by atoms with E-state index in [1.807, 2.05) is 6.92 Å². The van der Waals surface area contributed by atoms with Gasteiger partial charge in [0.05, 0.1) is 12.5 Å². The molecule has 0 unspecified atom stereocenters. The van der Waals surface area contributed by atoms with E-state index in [-0.39, 0.29) is 19.2 Å². The quantitative estimate of drug-likeness (QED) is 0.757. The SMILES string of the molecule is CCCN(CCO)C(=O)N1CCC[C@@H](C(=O)O)C1. The number of piperidine rings is 1. The summed E-state index contributed by atoms with van der Waals surface area (Å²) < 4.78 is 0. The summed E-state index contributed by atoms with van der Waals surface area (Å²) in [7, 11) is 0. The number of aliphatic hydroxyl groups is 1. The van der Waals surface area contributed by atoms with Crippen LogP contribution in [0.15, 0.2) is 0 Å². The highest BCUT2D eigenvalue weighted by molar-refractivity contribution is 5.76. The molecule has 1 aliphatic rings. The van der Waals surface area contributed by atoms with E-state index in [4.69, 9.17) is 10.2 Å². The molecule has 2 N–H and O–H groups in total. The maximum Gasteiger partial charge on any atom is 0.320 e. The Labute approximate surface area is 107 Å². The Morgan fingerprint density at radius 3 is 2.67 bits per heavy atom. The largest absolute Gasteiger partial charge is 0.481 e. The van der Waals surface area contributed by atoms with E-state index < -0.39 is 11.9 Å². The van der Waals surface area contributed by atoms with Crippen molar-refractivity contribution in [1.29, 1.82) is 0 Å². The lowest BCUT2D eigenvalue weighted by Crippen LogP contribution is -2.49. The number of carboxylic acids is 1. The van der Waals surface area contributed by atoms with Gasteiger partial charge in [0.2, 0.25) is 0 Å². The number of amides is 2. The number of urea groups is 1. The number of nitrogens with zero attached hydrogens (tertiary/aromatic N) is 2. The highest BCUT2D eigenvalue weighted by Gasteiger charge is 2.30. The van der Waals surface area contributed by atoms with Crippen molar-refractivity contribution in [3.8, 4) is 0 Å². The van der Waals surface area contributed by atoms with Gasteiger partial charge in [-0.2, -0.15) is 0 Å². The monoisotopic (exact) mass is 258 g/mol. The minimum absolute atomic E-state index is 0.0675. The first kappa shape index (κ1) is 14.8. The summed E-state index contributed by atoms with van der Waals surface area (Å²) in [5.74, 6) is -1.29. The number of hydrogen-bond donors (Lipinski definition) is 2. The van der Waals surface area contributed by atoms with Crippen LogP contribution in [0.1, 0.15) is 26.2 Å². The van der Waals surface area contributed by atoms with Gasteiger partial charge in [-0.1, -0.05) is 6.92 Å². The molecule has 1 fully saturated rings. The molecule has 6 nitrogen and oxygen atoms in total. The average molecular weight is 258 g/mol. The number of carboxylic acid groups (broad SMARTS) is 1. The fraction of sp³-hybridized carbons (Fsp3) is 0.833. The Hall–Kier alpha value is -1.30. The van der Waals surface area contributed by atoms with Gasteiger partial charge >= 0.3 is 12.0 Å². The zero-order chi connectivity index (χ0) is 13.5.